The van der Waals surface area contributed by atoms with Crippen LogP contribution in [0.4, 0.5) is 4.79 Å². The Morgan fingerprint density at radius 1 is 1.02 bits per heavy atom. The number of methoxy groups -OCH3 is 2. The lowest BCUT2D eigenvalue weighted by Gasteiger charge is -2.41. The zero-order valence-electron chi connectivity index (χ0n) is 25.2. The third kappa shape index (κ3) is 8.04. The molecule has 0 saturated heterocycles. The minimum atomic E-state index is -1.22. The second-order valence-electron chi connectivity index (χ2n) is 11.7. The quantitative estimate of drug-likeness (QED) is 0.257. The molecule has 2 aromatic carbocycles. The molecule has 0 aromatic heterocycles. The standard InChI is InChI=1S/C33H44ClN3O5/c1-36(2)31(27-14-16-28(34)17-15-27)26-12-10-25(11-13-26)22-29-33(42-32(39)41-4,20-18-30(38)40-3)35-23-37(29)21-19-24-8-6-5-7-9-24/h5-9,14-17,23,25-26,29,31H,10-13,18-22H2,1-4H3. The summed E-state index contributed by atoms with van der Waals surface area (Å²) in [6, 6.07) is 18.6. The normalized spacial score (nSPS) is 24.4. The number of benzene rings is 2. The first-order chi connectivity index (χ1) is 20.2. The summed E-state index contributed by atoms with van der Waals surface area (Å²) in [6.45, 7) is 0.720. The van der Waals surface area contributed by atoms with Crippen molar-refractivity contribution in [3.8, 4) is 0 Å². The van der Waals surface area contributed by atoms with Gasteiger partial charge in [0.1, 0.15) is 0 Å². The molecule has 1 fully saturated rings. The van der Waals surface area contributed by atoms with Gasteiger partial charge in [0.25, 0.3) is 0 Å². The predicted molar refractivity (Wildman–Crippen MR) is 165 cm³/mol. The van der Waals surface area contributed by atoms with Gasteiger partial charge in [0.2, 0.25) is 5.72 Å². The van der Waals surface area contributed by atoms with Gasteiger partial charge in [-0.1, -0.05) is 66.9 Å². The summed E-state index contributed by atoms with van der Waals surface area (Å²) >= 11 is 6.17. The van der Waals surface area contributed by atoms with Gasteiger partial charge in [-0.05, 0) is 74.9 Å². The maximum absolute atomic E-state index is 12.5. The Hall–Kier alpha value is -3.10. The van der Waals surface area contributed by atoms with E-state index in [1.807, 2.05) is 30.3 Å². The first kappa shape index (κ1) is 31.8. The smallest absolute Gasteiger partial charge is 0.469 e. The maximum atomic E-state index is 12.5. The highest BCUT2D eigenvalue weighted by atomic mass is 35.5. The monoisotopic (exact) mass is 597 g/mol. The fraction of sp³-hybridized carbons (Fsp3) is 0.545. The molecule has 4 rings (SSSR count). The van der Waals surface area contributed by atoms with Crippen molar-refractivity contribution >= 4 is 30.1 Å². The van der Waals surface area contributed by atoms with Crippen LogP contribution in [-0.2, 0) is 25.4 Å². The van der Waals surface area contributed by atoms with Crippen molar-refractivity contribution in [1.29, 1.82) is 0 Å². The third-order valence-electron chi connectivity index (χ3n) is 8.85. The number of carbonyl (C=O) groups is 2. The van der Waals surface area contributed by atoms with Crippen molar-refractivity contribution in [2.75, 3.05) is 34.9 Å². The molecule has 0 bridgehead atoms. The Bertz CT molecular complexity index is 1180. The van der Waals surface area contributed by atoms with Gasteiger partial charge >= 0.3 is 12.1 Å². The van der Waals surface area contributed by atoms with Crippen molar-refractivity contribution in [2.45, 2.75) is 69.2 Å². The van der Waals surface area contributed by atoms with Crippen LogP contribution in [0.2, 0.25) is 5.02 Å². The zero-order valence-corrected chi connectivity index (χ0v) is 26.0. The highest BCUT2D eigenvalue weighted by molar-refractivity contribution is 6.30. The lowest BCUT2D eigenvalue weighted by molar-refractivity contribution is -0.143. The number of carbonyl (C=O) groups excluding carboxylic acids is 2. The summed E-state index contributed by atoms with van der Waals surface area (Å²) in [5, 5.41) is 0.750. The molecule has 9 heteroatoms. The molecule has 1 heterocycles. The molecule has 1 saturated carbocycles. The first-order valence-electron chi connectivity index (χ1n) is 14.9. The molecular formula is C33H44ClN3O5. The lowest BCUT2D eigenvalue weighted by Crippen LogP contribution is -2.50. The average Bonchev–Trinajstić information content (AvgIpc) is 3.33. The third-order valence-corrected chi connectivity index (χ3v) is 9.10. The van der Waals surface area contributed by atoms with Gasteiger partial charge in [0, 0.05) is 24.0 Å². The molecule has 0 spiro atoms. The van der Waals surface area contributed by atoms with Crippen LogP contribution in [0.25, 0.3) is 0 Å². The van der Waals surface area contributed by atoms with Gasteiger partial charge in [-0.15, -0.1) is 0 Å². The molecule has 0 amide bonds. The number of hydrogen-bond acceptors (Lipinski definition) is 8. The molecule has 3 atom stereocenters. The van der Waals surface area contributed by atoms with Gasteiger partial charge in [-0.3, -0.25) is 4.79 Å². The number of halogens is 1. The summed E-state index contributed by atoms with van der Waals surface area (Å²) in [7, 11) is 6.94. The topological polar surface area (TPSA) is 80.7 Å². The van der Waals surface area contributed by atoms with Crippen molar-refractivity contribution in [2.24, 2.45) is 16.8 Å². The number of esters is 1. The van der Waals surface area contributed by atoms with Crippen LogP contribution in [0.5, 0.6) is 0 Å². The Kier molecular flexibility index (Phi) is 11.3. The number of nitrogens with zero attached hydrogens (tertiary/aromatic N) is 3. The van der Waals surface area contributed by atoms with E-state index in [-0.39, 0.29) is 24.9 Å². The van der Waals surface area contributed by atoms with E-state index in [4.69, 9.17) is 30.8 Å². The summed E-state index contributed by atoms with van der Waals surface area (Å²) in [5.74, 6) is 0.595. The summed E-state index contributed by atoms with van der Waals surface area (Å²) < 4.78 is 15.7. The molecule has 3 unspecified atom stereocenters. The maximum Gasteiger partial charge on any atom is 0.510 e. The number of aliphatic imine (C=N–C) groups is 1. The van der Waals surface area contributed by atoms with Crippen molar-refractivity contribution in [1.82, 2.24) is 9.80 Å². The lowest BCUT2D eigenvalue weighted by atomic mass is 9.73. The van der Waals surface area contributed by atoms with E-state index in [0.717, 1.165) is 50.1 Å². The average molecular weight is 598 g/mol. The highest BCUT2D eigenvalue weighted by Gasteiger charge is 2.50. The largest absolute Gasteiger partial charge is 0.510 e. The van der Waals surface area contributed by atoms with Crippen LogP contribution in [0.3, 0.4) is 0 Å². The Labute approximate surface area is 255 Å². The number of hydrogen-bond donors (Lipinski definition) is 0. The van der Waals surface area contributed by atoms with E-state index in [1.165, 1.54) is 25.3 Å². The van der Waals surface area contributed by atoms with Crippen LogP contribution in [0, 0.1) is 11.8 Å². The van der Waals surface area contributed by atoms with Crippen molar-refractivity contribution in [3.63, 3.8) is 0 Å². The summed E-state index contributed by atoms with van der Waals surface area (Å²) in [4.78, 5) is 33.9. The van der Waals surface area contributed by atoms with E-state index in [1.54, 1.807) is 6.34 Å². The molecule has 0 N–H and O–H groups in total. The summed E-state index contributed by atoms with van der Waals surface area (Å²) in [5.41, 5.74) is 1.30. The van der Waals surface area contributed by atoms with Crippen LogP contribution in [0.15, 0.2) is 59.6 Å². The van der Waals surface area contributed by atoms with E-state index in [9.17, 15) is 9.59 Å². The molecule has 42 heavy (non-hydrogen) atoms. The molecule has 1 aliphatic carbocycles. The van der Waals surface area contributed by atoms with E-state index >= 15 is 0 Å². The Morgan fingerprint density at radius 2 is 1.71 bits per heavy atom. The fourth-order valence-corrected chi connectivity index (χ4v) is 6.81. The van der Waals surface area contributed by atoms with Crippen LogP contribution in [-0.4, -0.2) is 74.9 Å². The molecule has 0 radical (unpaired) electrons. The zero-order chi connectivity index (χ0) is 30.1. The SMILES string of the molecule is COC(=O)CCC1(OC(=O)OC)N=CN(CCc2ccccc2)C1CC1CCC(C(c2ccc(Cl)cc2)N(C)C)CC1. The van der Waals surface area contributed by atoms with E-state index in [0.29, 0.717) is 17.9 Å². The van der Waals surface area contributed by atoms with Gasteiger partial charge in [0.15, 0.2) is 0 Å². The van der Waals surface area contributed by atoms with Gasteiger partial charge < -0.3 is 24.0 Å². The van der Waals surface area contributed by atoms with Crippen molar-refractivity contribution in [3.05, 3.63) is 70.7 Å². The minimum absolute atomic E-state index is 0.0895. The summed E-state index contributed by atoms with van der Waals surface area (Å²) in [6.07, 6.45) is 7.27. The Balaban J connectivity index is 1.51. The van der Waals surface area contributed by atoms with Crippen LogP contribution < -0.4 is 0 Å². The second kappa shape index (κ2) is 14.9. The van der Waals surface area contributed by atoms with Crippen molar-refractivity contribution < 1.29 is 23.8 Å². The minimum Gasteiger partial charge on any atom is -0.469 e. The molecule has 2 aliphatic rings. The van der Waals surface area contributed by atoms with Crippen LogP contribution in [0.1, 0.15) is 62.1 Å². The predicted octanol–water partition coefficient (Wildman–Crippen LogP) is 6.53. The second-order valence-corrected chi connectivity index (χ2v) is 12.1. The van der Waals surface area contributed by atoms with Crippen LogP contribution >= 0.6 is 11.6 Å². The van der Waals surface area contributed by atoms with E-state index in [2.05, 4.69) is 48.2 Å². The molecule has 228 valence electrons. The molecule has 8 nitrogen and oxygen atoms in total. The van der Waals surface area contributed by atoms with E-state index < -0.39 is 11.9 Å². The molecule has 2 aromatic rings. The molecular weight excluding hydrogens is 554 g/mol. The van der Waals surface area contributed by atoms with Gasteiger partial charge in [-0.2, -0.15) is 0 Å². The first-order valence-corrected chi connectivity index (χ1v) is 15.2. The molecule has 1 aliphatic heterocycles. The van der Waals surface area contributed by atoms with Gasteiger partial charge in [0.05, 0.1) is 33.0 Å². The highest BCUT2D eigenvalue weighted by Crippen LogP contribution is 2.44. The van der Waals surface area contributed by atoms with Gasteiger partial charge in [-0.25, -0.2) is 9.79 Å². The Morgan fingerprint density at radius 3 is 2.33 bits per heavy atom. The number of rotatable bonds is 12. The number of ether oxygens (including phenoxy) is 3. The fourth-order valence-electron chi connectivity index (χ4n) is 6.69.